The summed E-state index contributed by atoms with van der Waals surface area (Å²) in [4.78, 5) is 13.5. The number of ketones is 1. The summed E-state index contributed by atoms with van der Waals surface area (Å²) >= 11 is 0. The molecule has 1 aliphatic rings. The largest absolute Gasteiger partial charge is 0.497 e. The highest BCUT2D eigenvalue weighted by Crippen LogP contribution is 2.27. The molecule has 1 saturated heterocycles. The number of Topliss-reactive ketones (excluding diaryl/α,β-unsaturated/α-hetero) is 1. The number of benzene rings is 1. The Morgan fingerprint density at radius 3 is 2.56 bits per heavy atom. The number of nitrogens with zero attached hydrogens (tertiary/aromatic N) is 1. The maximum Gasteiger partial charge on any atom is 0.136 e. The average molecular weight is 219 g/mol. The SMILES string of the molecule is COc1ccc(C)c(N2CCC(=O)CC2)c1. The van der Waals surface area contributed by atoms with E-state index in [2.05, 4.69) is 17.9 Å². The van der Waals surface area contributed by atoms with Gasteiger partial charge in [-0.2, -0.15) is 0 Å². The molecule has 3 nitrogen and oxygen atoms in total. The lowest BCUT2D eigenvalue weighted by molar-refractivity contribution is -0.119. The number of anilines is 1. The monoisotopic (exact) mass is 219 g/mol. The minimum Gasteiger partial charge on any atom is -0.497 e. The van der Waals surface area contributed by atoms with Crippen LogP contribution in [0.1, 0.15) is 18.4 Å². The molecule has 0 radical (unpaired) electrons. The molecule has 0 amide bonds. The molecule has 0 aliphatic carbocycles. The molecule has 0 atom stereocenters. The highest BCUT2D eigenvalue weighted by molar-refractivity contribution is 5.81. The Morgan fingerprint density at radius 1 is 1.25 bits per heavy atom. The lowest BCUT2D eigenvalue weighted by Crippen LogP contribution is -2.34. The molecule has 1 aromatic rings. The van der Waals surface area contributed by atoms with Crippen LogP contribution >= 0.6 is 0 Å². The summed E-state index contributed by atoms with van der Waals surface area (Å²) in [6.45, 7) is 3.74. The summed E-state index contributed by atoms with van der Waals surface area (Å²) in [5, 5.41) is 0. The predicted molar refractivity (Wildman–Crippen MR) is 64.2 cm³/mol. The Hall–Kier alpha value is -1.51. The van der Waals surface area contributed by atoms with E-state index in [-0.39, 0.29) is 0 Å². The number of ether oxygens (including phenoxy) is 1. The molecule has 0 bridgehead atoms. The molecule has 0 unspecified atom stereocenters. The van der Waals surface area contributed by atoms with Gasteiger partial charge in [0.25, 0.3) is 0 Å². The molecule has 0 saturated carbocycles. The van der Waals surface area contributed by atoms with E-state index in [4.69, 9.17) is 4.74 Å². The van der Waals surface area contributed by atoms with Gasteiger partial charge in [0.05, 0.1) is 7.11 Å². The second-order valence-corrected chi connectivity index (χ2v) is 4.18. The van der Waals surface area contributed by atoms with E-state index in [1.807, 2.05) is 12.1 Å². The third-order valence-corrected chi connectivity index (χ3v) is 3.08. The summed E-state index contributed by atoms with van der Waals surface area (Å²) in [6.07, 6.45) is 1.33. The van der Waals surface area contributed by atoms with Crippen LogP contribution in [0.3, 0.4) is 0 Å². The van der Waals surface area contributed by atoms with Crippen molar-refractivity contribution in [1.29, 1.82) is 0 Å². The molecule has 0 aromatic heterocycles. The van der Waals surface area contributed by atoms with Crippen molar-refractivity contribution in [3.05, 3.63) is 23.8 Å². The summed E-state index contributed by atoms with van der Waals surface area (Å²) in [5.74, 6) is 1.24. The van der Waals surface area contributed by atoms with Crippen LogP contribution in [0.4, 0.5) is 5.69 Å². The zero-order chi connectivity index (χ0) is 11.5. The minimum absolute atomic E-state index is 0.372. The van der Waals surface area contributed by atoms with Crippen LogP contribution in [-0.2, 0) is 4.79 Å². The van der Waals surface area contributed by atoms with Crippen molar-refractivity contribution in [3.63, 3.8) is 0 Å². The molecular weight excluding hydrogens is 202 g/mol. The van der Waals surface area contributed by atoms with E-state index < -0.39 is 0 Å². The fourth-order valence-corrected chi connectivity index (χ4v) is 2.05. The Labute approximate surface area is 96.0 Å². The van der Waals surface area contributed by atoms with Crippen LogP contribution in [0, 0.1) is 6.92 Å². The van der Waals surface area contributed by atoms with Crippen molar-refractivity contribution in [2.75, 3.05) is 25.1 Å². The molecule has 0 N–H and O–H groups in total. The van der Waals surface area contributed by atoms with Crippen LogP contribution < -0.4 is 9.64 Å². The summed E-state index contributed by atoms with van der Waals surface area (Å²) in [5.41, 5.74) is 2.42. The van der Waals surface area contributed by atoms with Crippen molar-refractivity contribution in [3.8, 4) is 5.75 Å². The van der Waals surface area contributed by atoms with Crippen molar-refractivity contribution in [2.24, 2.45) is 0 Å². The fraction of sp³-hybridized carbons (Fsp3) is 0.462. The predicted octanol–water partition coefficient (Wildman–Crippen LogP) is 2.17. The highest BCUT2D eigenvalue weighted by atomic mass is 16.5. The average Bonchev–Trinajstić information content (AvgIpc) is 2.31. The Morgan fingerprint density at radius 2 is 1.94 bits per heavy atom. The summed E-state index contributed by atoms with van der Waals surface area (Å²) in [7, 11) is 1.67. The van der Waals surface area contributed by atoms with Gasteiger partial charge in [0, 0.05) is 37.7 Å². The van der Waals surface area contributed by atoms with E-state index in [0.29, 0.717) is 18.6 Å². The van der Waals surface area contributed by atoms with E-state index in [1.54, 1.807) is 7.11 Å². The molecule has 3 heteroatoms. The summed E-state index contributed by atoms with van der Waals surface area (Å²) in [6, 6.07) is 6.07. The van der Waals surface area contributed by atoms with Gasteiger partial charge >= 0.3 is 0 Å². The third kappa shape index (κ3) is 2.18. The lowest BCUT2D eigenvalue weighted by Gasteiger charge is -2.29. The Kier molecular flexibility index (Phi) is 3.13. The van der Waals surface area contributed by atoms with Gasteiger partial charge in [-0.15, -0.1) is 0 Å². The number of methoxy groups -OCH3 is 1. The van der Waals surface area contributed by atoms with Gasteiger partial charge in [-0.1, -0.05) is 6.07 Å². The van der Waals surface area contributed by atoms with E-state index >= 15 is 0 Å². The van der Waals surface area contributed by atoms with Crippen molar-refractivity contribution >= 4 is 11.5 Å². The molecule has 86 valence electrons. The normalized spacial score (nSPS) is 16.4. The molecule has 1 aromatic carbocycles. The van der Waals surface area contributed by atoms with Crippen LogP contribution in [-0.4, -0.2) is 26.0 Å². The van der Waals surface area contributed by atoms with E-state index in [0.717, 1.165) is 18.8 Å². The van der Waals surface area contributed by atoms with Crippen molar-refractivity contribution in [1.82, 2.24) is 0 Å². The number of carbonyl (C=O) groups is 1. The maximum absolute atomic E-state index is 11.2. The van der Waals surface area contributed by atoms with Gasteiger partial charge in [0.2, 0.25) is 0 Å². The molecular formula is C13H17NO2. The Balaban J connectivity index is 2.22. The third-order valence-electron chi connectivity index (χ3n) is 3.08. The maximum atomic E-state index is 11.2. The van der Waals surface area contributed by atoms with Gasteiger partial charge in [0.15, 0.2) is 0 Å². The van der Waals surface area contributed by atoms with Gasteiger partial charge in [-0.05, 0) is 18.6 Å². The fourth-order valence-electron chi connectivity index (χ4n) is 2.05. The van der Waals surface area contributed by atoms with Crippen molar-refractivity contribution < 1.29 is 9.53 Å². The zero-order valence-corrected chi connectivity index (χ0v) is 9.82. The topological polar surface area (TPSA) is 29.5 Å². The first-order chi connectivity index (χ1) is 7.70. The van der Waals surface area contributed by atoms with Crippen LogP contribution in [0.2, 0.25) is 0 Å². The number of hydrogen-bond donors (Lipinski definition) is 0. The Bertz CT molecular complexity index is 391. The second kappa shape index (κ2) is 4.56. The first kappa shape index (κ1) is 11.0. The molecule has 1 heterocycles. The minimum atomic E-state index is 0.372. The molecule has 0 spiro atoms. The number of piperidine rings is 1. The van der Waals surface area contributed by atoms with Gasteiger partial charge in [0.1, 0.15) is 11.5 Å². The highest BCUT2D eigenvalue weighted by Gasteiger charge is 2.18. The van der Waals surface area contributed by atoms with Crippen LogP contribution in [0.15, 0.2) is 18.2 Å². The van der Waals surface area contributed by atoms with Gasteiger partial charge in [-0.25, -0.2) is 0 Å². The quantitative estimate of drug-likeness (QED) is 0.763. The molecule has 16 heavy (non-hydrogen) atoms. The van der Waals surface area contributed by atoms with Crippen molar-refractivity contribution in [2.45, 2.75) is 19.8 Å². The molecule has 1 fully saturated rings. The first-order valence-corrected chi connectivity index (χ1v) is 5.62. The summed E-state index contributed by atoms with van der Waals surface area (Å²) < 4.78 is 5.23. The second-order valence-electron chi connectivity index (χ2n) is 4.18. The van der Waals surface area contributed by atoms with Crippen LogP contribution in [0.5, 0.6) is 5.75 Å². The number of rotatable bonds is 2. The zero-order valence-electron chi connectivity index (χ0n) is 9.82. The first-order valence-electron chi connectivity index (χ1n) is 5.62. The van der Waals surface area contributed by atoms with Gasteiger partial charge < -0.3 is 9.64 Å². The number of hydrogen-bond acceptors (Lipinski definition) is 3. The standard InChI is InChI=1S/C13H17NO2/c1-10-3-4-12(16-2)9-13(10)14-7-5-11(15)6-8-14/h3-4,9H,5-8H2,1-2H3. The smallest absolute Gasteiger partial charge is 0.136 e. The molecule has 1 aliphatic heterocycles. The van der Waals surface area contributed by atoms with Crippen LogP contribution in [0.25, 0.3) is 0 Å². The molecule has 2 rings (SSSR count). The van der Waals surface area contributed by atoms with E-state index in [9.17, 15) is 4.79 Å². The van der Waals surface area contributed by atoms with Gasteiger partial charge in [-0.3, -0.25) is 4.79 Å². The number of carbonyl (C=O) groups excluding carboxylic acids is 1. The lowest BCUT2D eigenvalue weighted by atomic mass is 10.1. The van der Waals surface area contributed by atoms with E-state index in [1.165, 1.54) is 11.3 Å². The number of aryl methyl sites for hydroxylation is 1.